The molecule has 0 atom stereocenters. The van der Waals surface area contributed by atoms with Crippen molar-refractivity contribution in [3.63, 3.8) is 0 Å². The van der Waals surface area contributed by atoms with Gasteiger partial charge in [-0.1, -0.05) is 31.0 Å². The highest BCUT2D eigenvalue weighted by Crippen LogP contribution is 2.28. The third kappa shape index (κ3) is 4.56. The molecule has 0 radical (unpaired) electrons. The van der Waals surface area contributed by atoms with Crippen LogP contribution in [-0.4, -0.2) is 32.6 Å². The predicted octanol–water partition coefficient (Wildman–Crippen LogP) is 3.67. The van der Waals surface area contributed by atoms with Gasteiger partial charge in [0, 0.05) is 25.5 Å². The number of benzene rings is 1. The highest BCUT2D eigenvalue weighted by atomic mass is 15.3. The Kier molecular flexibility index (Phi) is 6.16. The van der Waals surface area contributed by atoms with Gasteiger partial charge >= 0.3 is 0 Å². The standard InChI is InChI=1S/C23H31N7/c1-17-14-18(2)30(27-17)22-11-7-4-8-19(22)15-25-23(24-3)26-16-20-12-13-29(28-20)21-9-5-6-10-21/h4,7-8,11-14,21H,5-6,9-10,15-16H2,1-3H3,(H2,24,25,26). The second-order valence-corrected chi connectivity index (χ2v) is 7.97. The van der Waals surface area contributed by atoms with Crippen LogP contribution >= 0.6 is 0 Å². The average Bonchev–Trinajstić information content (AvgIpc) is 3.49. The van der Waals surface area contributed by atoms with Gasteiger partial charge in [-0.25, -0.2) is 4.68 Å². The maximum absolute atomic E-state index is 4.74. The topological polar surface area (TPSA) is 72.1 Å². The number of nitrogens with zero attached hydrogens (tertiary/aromatic N) is 5. The molecular formula is C23H31N7. The first-order valence-electron chi connectivity index (χ1n) is 10.7. The summed E-state index contributed by atoms with van der Waals surface area (Å²) in [5.74, 6) is 0.758. The molecule has 7 nitrogen and oxygen atoms in total. The van der Waals surface area contributed by atoms with E-state index < -0.39 is 0 Å². The molecule has 0 spiro atoms. The van der Waals surface area contributed by atoms with Crippen LogP contribution in [0, 0.1) is 13.8 Å². The van der Waals surface area contributed by atoms with Crippen molar-refractivity contribution in [3.8, 4) is 5.69 Å². The molecule has 0 unspecified atom stereocenters. The molecule has 1 saturated carbocycles. The molecule has 1 aliphatic rings. The van der Waals surface area contributed by atoms with Crippen molar-refractivity contribution in [3.05, 3.63) is 65.2 Å². The summed E-state index contributed by atoms with van der Waals surface area (Å²) in [6.45, 7) is 5.41. The lowest BCUT2D eigenvalue weighted by Crippen LogP contribution is -2.36. The van der Waals surface area contributed by atoms with E-state index in [0.29, 0.717) is 19.1 Å². The Balaban J connectivity index is 1.37. The highest BCUT2D eigenvalue weighted by Gasteiger charge is 2.17. The van der Waals surface area contributed by atoms with Gasteiger partial charge in [-0.2, -0.15) is 10.2 Å². The fourth-order valence-electron chi connectivity index (χ4n) is 4.16. The van der Waals surface area contributed by atoms with Crippen molar-refractivity contribution in [2.75, 3.05) is 7.05 Å². The minimum atomic E-state index is 0.571. The Morgan fingerprint density at radius 2 is 1.83 bits per heavy atom. The van der Waals surface area contributed by atoms with Crippen LogP contribution < -0.4 is 10.6 Å². The Hall–Kier alpha value is -3.09. The zero-order valence-corrected chi connectivity index (χ0v) is 18.1. The predicted molar refractivity (Wildman–Crippen MR) is 120 cm³/mol. The van der Waals surface area contributed by atoms with Crippen molar-refractivity contribution in [2.45, 2.75) is 58.7 Å². The number of hydrogen-bond donors (Lipinski definition) is 2. The number of guanidine groups is 1. The van der Waals surface area contributed by atoms with E-state index in [1.165, 1.54) is 25.7 Å². The van der Waals surface area contributed by atoms with Crippen molar-refractivity contribution in [1.82, 2.24) is 30.2 Å². The van der Waals surface area contributed by atoms with Gasteiger partial charge in [0.15, 0.2) is 5.96 Å². The molecule has 30 heavy (non-hydrogen) atoms. The van der Waals surface area contributed by atoms with E-state index in [0.717, 1.165) is 34.3 Å². The van der Waals surface area contributed by atoms with Crippen LogP contribution in [0.25, 0.3) is 5.69 Å². The minimum absolute atomic E-state index is 0.571. The molecule has 3 aromatic rings. The van der Waals surface area contributed by atoms with Gasteiger partial charge in [0.1, 0.15) is 0 Å². The monoisotopic (exact) mass is 405 g/mol. The van der Waals surface area contributed by atoms with Crippen molar-refractivity contribution >= 4 is 5.96 Å². The zero-order valence-electron chi connectivity index (χ0n) is 18.1. The molecule has 0 bridgehead atoms. The molecule has 0 amide bonds. The summed E-state index contributed by atoms with van der Waals surface area (Å²) in [4.78, 5) is 4.36. The summed E-state index contributed by atoms with van der Waals surface area (Å²) in [6, 6.07) is 13.1. The largest absolute Gasteiger partial charge is 0.352 e. The van der Waals surface area contributed by atoms with Crippen LogP contribution in [0.5, 0.6) is 0 Å². The molecule has 2 N–H and O–H groups in total. The molecule has 1 aliphatic carbocycles. The first kappa shape index (κ1) is 20.2. The number of para-hydroxylation sites is 1. The summed E-state index contributed by atoms with van der Waals surface area (Å²) in [7, 11) is 1.79. The first-order valence-corrected chi connectivity index (χ1v) is 10.7. The number of aryl methyl sites for hydroxylation is 2. The van der Waals surface area contributed by atoms with Gasteiger partial charge < -0.3 is 10.6 Å². The van der Waals surface area contributed by atoms with E-state index in [4.69, 9.17) is 5.10 Å². The van der Waals surface area contributed by atoms with Crippen molar-refractivity contribution in [2.24, 2.45) is 4.99 Å². The molecule has 1 fully saturated rings. The Morgan fingerprint density at radius 3 is 2.57 bits per heavy atom. The summed E-state index contributed by atoms with van der Waals surface area (Å²) < 4.78 is 4.13. The fraction of sp³-hybridized carbons (Fsp3) is 0.435. The van der Waals surface area contributed by atoms with Crippen LogP contribution in [0.4, 0.5) is 0 Å². The van der Waals surface area contributed by atoms with E-state index in [1.807, 2.05) is 17.7 Å². The molecule has 4 rings (SSSR count). The smallest absolute Gasteiger partial charge is 0.191 e. The van der Waals surface area contributed by atoms with Gasteiger partial charge in [0.25, 0.3) is 0 Å². The van der Waals surface area contributed by atoms with E-state index in [9.17, 15) is 0 Å². The molecular weight excluding hydrogens is 374 g/mol. The Bertz CT molecular complexity index is 1010. The Morgan fingerprint density at radius 1 is 1.07 bits per heavy atom. The quantitative estimate of drug-likeness (QED) is 0.485. The first-order chi connectivity index (χ1) is 14.6. The van der Waals surface area contributed by atoms with E-state index in [-0.39, 0.29) is 0 Å². The Labute approximate surface area is 178 Å². The van der Waals surface area contributed by atoms with Crippen LogP contribution in [-0.2, 0) is 13.1 Å². The number of nitrogens with one attached hydrogen (secondary N) is 2. The molecule has 2 aromatic heterocycles. The second kappa shape index (κ2) is 9.15. The molecule has 1 aromatic carbocycles. The summed E-state index contributed by atoms with van der Waals surface area (Å²) in [5, 5.41) is 16.2. The molecule has 2 heterocycles. The van der Waals surface area contributed by atoms with Crippen molar-refractivity contribution in [1.29, 1.82) is 0 Å². The highest BCUT2D eigenvalue weighted by molar-refractivity contribution is 5.79. The fourth-order valence-corrected chi connectivity index (χ4v) is 4.16. The lowest BCUT2D eigenvalue weighted by Gasteiger charge is -2.15. The lowest BCUT2D eigenvalue weighted by atomic mass is 10.1. The minimum Gasteiger partial charge on any atom is -0.352 e. The number of rotatable bonds is 6. The molecule has 158 valence electrons. The van der Waals surface area contributed by atoms with Gasteiger partial charge in [-0.3, -0.25) is 9.67 Å². The number of aliphatic imine (C=N–C) groups is 1. The van der Waals surface area contributed by atoms with Crippen LogP contribution in [0.3, 0.4) is 0 Å². The summed E-state index contributed by atoms with van der Waals surface area (Å²) >= 11 is 0. The van der Waals surface area contributed by atoms with Gasteiger partial charge in [0.2, 0.25) is 0 Å². The van der Waals surface area contributed by atoms with E-state index in [2.05, 4.69) is 68.9 Å². The second-order valence-electron chi connectivity index (χ2n) is 7.97. The SMILES string of the molecule is CN=C(NCc1ccn(C2CCCC2)n1)NCc1ccccc1-n1nc(C)cc1C. The van der Waals surface area contributed by atoms with E-state index in [1.54, 1.807) is 7.05 Å². The van der Waals surface area contributed by atoms with Gasteiger partial charge in [0.05, 0.1) is 29.7 Å². The van der Waals surface area contributed by atoms with Crippen LogP contribution in [0.1, 0.15) is 54.4 Å². The summed E-state index contributed by atoms with van der Waals surface area (Å²) in [6.07, 6.45) is 7.22. The van der Waals surface area contributed by atoms with E-state index >= 15 is 0 Å². The number of aromatic nitrogens is 4. The third-order valence-corrected chi connectivity index (χ3v) is 5.70. The average molecular weight is 406 g/mol. The van der Waals surface area contributed by atoms with Crippen LogP contribution in [0.2, 0.25) is 0 Å². The maximum atomic E-state index is 4.74. The van der Waals surface area contributed by atoms with Crippen molar-refractivity contribution < 1.29 is 0 Å². The molecule has 0 aliphatic heterocycles. The van der Waals surface area contributed by atoms with Crippen LogP contribution in [0.15, 0.2) is 47.6 Å². The maximum Gasteiger partial charge on any atom is 0.191 e. The van der Waals surface area contributed by atoms with Gasteiger partial charge in [-0.05, 0) is 50.5 Å². The van der Waals surface area contributed by atoms with Gasteiger partial charge in [-0.15, -0.1) is 0 Å². The number of hydrogen-bond acceptors (Lipinski definition) is 3. The normalized spacial score (nSPS) is 15.0. The molecule has 7 heteroatoms. The molecule has 0 saturated heterocycles. The zero-order chi connectivity index (χ0) is 20.9. The lowest BCUT2D eigenvalue weighted by molar-refractivity contribution is 0.462. The summed E-state index contributed by atoms with van der Waals surface area (Å²) in [5.41, 5.74) is 5.43. The third-order valence-electron chi connectivity index (χ3n) is 5.70.